The minimum absolute atomic E-state index is 0.0328. The Labute approximate surface area is 113 Å². The summed E-state index contributed by atoms with van der Waals surface area (Å²) in [5, 5.41) is 8.27. The Morgan fingerprint density at radius 1 is 1.42 bits per heavy atom. The van der Waals surface area contributed by atoms with Gasteiger partial charge in [0.25, 0.3) is 0 Å². The van der Waals surface area contributed by atoms with Gasteiger partial charge >= 0.3 is 0 Å². The van der Waals surface area contributed by atoms with Crippen LogP contribution in [0.4, 0.5) is 0 Å². The summed E-state index contributed by atoms with van der Waals surface area (Å²) in [5.41, 5.74) is 5.87. The fraction of sp³-hybridized carbons (Fsp3) is 0.417. The van der Waals surface area contributed by atoms with Crippen LogP contribution < -0.4 is 16.2 Å². The maximum absolute atomic E-state index is 11.2. The van der Waals surface area contributed by atoms with Crippen molar-refractivity contribution in [1.29, 1.82) is 0 Å². The van der Waals surface area contributed by atoms with Crippen LogP contribution in [0.2, 0.25) is 0 Å². The Bertz CT molecular complexity index is 543. The molecule has 0 aliphatic carbocycles. The van der Waals surface area contributed by atoms with E-state index in [1.54, 1.807) is 12.1 Å². The van der Waals surface area contributed by atoms with E-state index in [-0.39, 0.29) is 16.8 Å². The van der Waals surface area contributed by atoms with Gasteiger partial charge in [0.2, 0.25) is 15.9 Å². The largest absolute Gasteiger partial charge is 0.370 e. The summed E-state index contributed by atoms with van der Waals surface area (Å²) >= 11 is 0. The fourth-order valence-corrected chi connectivity index (χ4v) is 2.23. The standard InChI is InChI=1S/C12H19N3O3S/c1-9(15-7-3-6-12(13)16)10-4-2-5-11(8-10)19(14,17)18/h2,4-5,8-9,15H,3,6-7H2,1H3,(H2,13,16)(H2,14,17,18). The van der Waals surface area contributed by atoms with Crippen LogP contribution in [0.25, 0.3) is 0 Å². The number of nitrogens with two attached hydrogens (primary N) is 2. The number of carbonyl (C=O) groups is 1. The first-order valence-electron chi connectivity index (χ1n) is 5.95. The summed E-state index contributed by atoms with van der Waals surface area (Å²) in [5.74, 6) is -0.328. The molecule has 1 unspecified atom stereocenters. The molecular weight excluding hydrogens is 266 g/mol. The average Bonchev–Trinajstić information content (AvgIpc) is 2.33. The smallest absolute Gasteiger partial charge is 0.238 e. The third-order valence-electron chi connectivity index (χ3n) is 2.74. The molecule has 0 fully saturated rings. The molecule has 0 aromatic heterocycles. The van der Waals surface area contributed by atoms with Gasteiger partial charge in [0.05, 0.1) is 4.90 Å². The molecule has 1 aromatic carbocycles. The number of primary sulfonamides is 1. The van der Waals surface area contributed by atoms with Gasteiger partial charge in [-0.1, -0.05) is 12.1 Å². The predicted molar refractivity (Wildman–Crippen MR) is 72.7 cm³/mol. The van der Waals surface area contributed by atoms with E-state index >= 15 is 0 Å². The SMILES string of the molecule is CC(NCCCC(N)=O)c1cccc(S(N)(=O)=O)c1. The first-order valence-corrected chi connectivity index (χ1v) is 7.50. The lowest BCUT2D eigenvalue weighted by Crippen LogP contribution is -2.22. The molecule has 7 heteroatoms. The van der Waals surface area contributed by atoms with E-state index in [1.807, 2.05) is 13.0 Å². The van der Waals surface area contributed by atoms with E-state index < -0.39 is 10.0 Å². The van der Waals surface area contributed by atoms with Gasteiger partial charge in [-0.3, -0.25) is 4.79 Å². The number of primary amides is 1. The van der Waals surface area contributed by atoms with Gasteiger partial charge < -0.3 is 11.1 Å². The van der Waals surface area contributed by atoms with Crippen LogP contribution in [0.3, 0.4) is 0 Å². The molecule has 0 heterocycles. The van der Waals surface area contributed by atoms with Gasteiger partial charge in [-0.2, -0.15) is 0 Å². The number of benzene rings is 1. The van der Waals surface area contributed by atoms with Crippen molar-refractivity contribution in [3.63, 3.8) is 0 Å². The maximum Gasteiger partial charge on any atom is 0.238 e. The minimum Gasteiger partial charge on any atom is -0.370 e. The van der Waals surface area contributed by atoms with Gasteiger partial charge in [0.1, 0.15) is 0 Å². The molecule has 0 aliphatic rings. The zero-order valence-corrected chi connectivity index (χ0v) is 11.6. The lowest BCUT2D eigenvalue weighted by Gasteiger charge is -2.14. The molecule has 1 aromatic rings. The molecule has 0 spiro atoms. The zero-order valence-electron chi connectivity index (χ0n) is 10.8. The third-order valence-corrected chi connectivity index (χ3v) is 3.65. The molecular formula is C12H19N3O3S. The number of rotatable bonds is 7. The number of hydrogen-bond donors (Lipinski definition) is 3. The van der Waals surface area contributed by atoms with E-state index in [2.05, 4.69) is 5.32 Å². The number of nitrogens with one attached hydrogen (secondary N) is 1. The molecule has 19 heavy (non-hydrogen) atoms. The van der Waals surface area contributed by atoms with Crippen LogP contribution in [0.5, 0.6) is 0 Å². The Balaban J connectivity index is 2.62. The van der Waals surface area contributed by atoms with Crippen molar-refractivity contribution in [2.75, 3.05) is 6.54 Å². The van der Waals surface area contributed by atoms with Crippen molar-refractivity contribution in [1.82, 2.24) is 5.32 Å². The topological polar surface area (TPSA) is 115 Å². The van der Waals surface area contributed by atoms with Crippen molar-refractivity contribution in [3.05, 3.63) is 29.8 Å². The van der Waals surface area contributed by atoms with Crippen molar-refractivity contribution in [3.8, 4) is 0 Å². The van der Waals surface area contributed by atoms with E-state index in [0.717, 1.165) is 5.56 Å². The van der Waals surface area contributed by atoms with Crippen molar-refractivity contribution < 1.29 is 13.2 Å². The Morgan fingerprint density at radius 2 is 2.11 bits per heavy atom. The van der Waals surface area contributed by atoms with Crippen molar-refractivity contribution >= 4 is 15.9 Å². The third kappa shape index (κ3) is 5.37. The predicted octanol–water partition coefficient (Wildman–Crippen LogP) is 0.250. The molecule has 5 N–H and O–H groups in total. The van der Waals surface area contributed by atoms with Crippen molar-refractivity contribution in [2.45, 2.75) is 30.7 Å². The highest BCUT2D eigenvalue weighted by Gasteiger charge is 2.11. The van der Waals surface area contributed by atoms with Crippen LogP contribution in [0.1, 0.15) is 31.4 Å². The molecule has 6 nitrogen and oxygen atoms in total. The highest BCUT2D eigenvalue weighted by molar-refractivity contribution is 7.89. The second-order valence-corrected chi connectivity index (χ2v) is 5.92. The number of amides is 1. The maximum atomic E-state index is 11.2. The van der Waals surface area contributed by atoms with E-state index in [4.69, 9.17) is 10.9 Å². The summed E-state index contributed by atoms with van der Waals surface area (Å²) in [7, 11) is -3.68. The molecule has 0 bridgehead atoms. The normalized spacial score (nSPS) is 13.2. The fourth-order valence-electron chi connectivity index (χ4n) is 1.66. The zero-order chi connectivity index (χ0) is 14.5. The molecule has 0 aliphatic heterocycles. The Kier molecular flexibility index (Phi) is 5.46. The van der Waals surface area contributed by atoms with Gasteiger partial charge in [-0.25, -0.2) is 13.6 Å². The summed E-state index contributed by atoms with van der Waals surface area (Å²) in [6.07, 6.45) is 0.978. The second-order valence-electron chi connectivity index (χ2n) is 4.36. The average molecular weight is 285 g/mol. The monoisotopic (exact) mass is 285 g/mol. The highest BCUT2D eigenvalue weighted by Crippen LogP contribution is 2.16. The van der Waals surface area contributed by atoms with Gasteiger partial charge in [0.15, 0.2) is 0 Å². The summed E-state index contributed by atoms with van der Waals surface area (Å²) in [4.78, 5) is 10.7. The molecule has 0 radical (unpaired) electrons. The van der Waals surface area contributed by atoms with E-state index in [9.17, 15) is 13.2 Å². The van der Waals surface area contributed by atoms with E-state index in [1.165, 1.54) is 6.07 Å². The minimum atomic E-state index is -3.68. The van der Waals surface area contributed by atoms with Gasteiger partial charge in [-0.15, -0.1) is 0 Å². The van der Waals surface area contributed by atoms with Crippen LogP contribution in [-0.4, -0.2) is 20.9 Å². The lowest BCUT2D eigenvalue weighted by molar-refractivity contribution is -0.118. The second kappa shape index (κ2) is 6.65. The summed E-state index contributed by atoms with van der Waals surface area (Å²) in [6.45, 7) is 2.54. The van der Waals surface area contributed by atoms with Crippen LogP contribution in [0.15, 0.2) is 29.2 Å². The molecule has 1 amide bonds. The first-order chi connectivity index (χ1) is 8.80. The highest BCUT2D eigenvalue weighted by atomic mass is 32.2. The van der Waals surface area contributed by atoms with Crippen LogP contribution in [-0.2, 0) is 14.8 Å². The van der Waals surface area contributed by atoms with Crippen LogP contribution in [0, 0.1) is 0 Å². The molecule has 1 atom stereocenters. The number of sulfonamides is 1. The molecule has 0 saturated carbocycles. The quantitative estimate of drug-likeness (QED) is 0.623. The number of hydrogen-bond acceptors (Lipinski definition) is 4. The van der Waals surface area contributed by atoms with Crippen molar-refractivity contribution in [2.24, 2.45) is 10.9 Å². The van der Waals surface area contributed by atoms with Crippen LogP contribution >= 0.6 is 0 Å². The summed E-state index contributed by atoms with van der Waals surface area (Å²) in [6, 6.07) is 6.44. The molecule has 1 rings (SSSR count). The first kappa shape index (κ1) is 15.6. The van der Waals surface area contributed by atoms with E-state index in [0.29, 0.717) is 19.4 Å². The lowest BCUT2D eigenvalue weighted by atomic mass is 10.1. The molecule has 106 valence electrons. The van der Waals surface area contributed by atoms with Gasteiger partial charge in [-0.05, 0) is 37.6 Å². The number of carbonyl (C=O) groups excluding carboxylic acids is 1. The van der Waals surface area contributed by atoms with Gasteiger partial charge in [0, 0.05) is 12.5 Å². The Hall–Kier alpha value is -1.44. The molecule has 0 saturated heterocycles. The summed E-state index contributed by atoms with van der Waals surface area (Å²) < 4.78 is 22.5. The Morgan fingerprint density at radius 3 is 2.68 bits per heavy atom.